The molecule has 0 aliphatic rings. The SMILES string of the molecule is COc1cccc(CNC(=O)c2ccc(Cn3c(=O)c(C)nc4cc(C)c(C)cc43)cc2)c1. The molecule has 0 aliphatic heterocycles. The Morgan fingerprint density at radius 2 is 1.70 bits per heavy atom. The minimum atomic E-state index is -0.155. The molecule has 33 heavy (non-hydrogen) atoms. The van der Waals surface area contributed by atoms with Crippen LogP contribution in [0.3, 0.4) is 0 Å². The number of ether oxygens (including phenoxy) is 1. The molecule has 1 heterocycles. The molecule has 0 unspecified atom stereocenters. The van der Waals surface area contributed by atoms with Gasteiger partial charge in [-0.3, -0.25) is 9.59 Å². The smallest absolute Gasteiger partial charge is 0.272 e. The monoisotopic (exact) mass is 441 g/mol. The van der Waals surface area contributed by atoms with E-state index in [0.717, 1.165) is 39.0 Å². The van der Waals surface area contributed by atoms with Crippen molar-refractivity contribution >= 4 is 16.9 Å². The van der Waals surface area contributed by atoms with Crippen molar-refractivity contribution in [2.75, 3.05) is 7.11 Å². The Labute approximate surface area is 192 Å². The van der Waals surface area contributed by atoms with Crippen molar-refractivity contribution in [3.05, 3.63) is 105 Å². The molecule has 0 radical (unpaired) electrons. The van der Waals surface area contributed by atoms with Gasteiger partial charge in [0.25, 0.3) is 11.5 Å². The number of nitrogens with zero attached hydrogens (tertiary/aromatic N) is 2. The molecule has 0 atom stereocenters. The standard InChI is InChI=1S/C27H27N3O3/c1-17-12-24-25(13-18(17)2)30(27(32)19(3)29-24)16-20-8-10-22(11-9-20)26(31)28-15-21-6-5-7-23(14-21)33-4/h5-14H,15-16H2,1-4H3,(H,28,31). The number of hydrogen-bond acceptors (Lipinski definition) is 4. The maximum atomic E-state index is 12.9. The second kappa shape index (κ2) is 9.28. The Morgan fingerprint density at radius 3 is 2.42 bits per heavy atom. The number of hydrogen-bond donors (Lipinski definition) is 1. The third-order valence-corrected chi connectivity index (χ3v) is 5.87. The van der Waals surface area contributed by atoms with Gasteiger partial charge in [0.2, 0.25) is 0 Å². The number of amides is 1. The number of nitrogens with one attached hydrogen (secondary N) is 1. The van der Waals surface area contributed by atoms with Crippen LogP contribution in [0.2, 0.25) is 0 Å². The molecule has 4 rings (SSSR count). The zero-order chi connectivity index (χ0) is 23.5. The predicted molar refractivity (Wildman–Crippen MR) is 130 cm³/mol. The van der Waals surface area contributed by atoms with E-state index in [2.05, 4.69) is 10.3 Å². The largest absolute Gasteiger partial charge is 0.497 e. The van der Waals surface area contributed by atoms with E-state index in [4.69, 9.17) is 4.74 Å². The first kappa shape index (κ1) is 22.3. The summed E-state index contributed by atoms with van der Waals surface area (Å²) >= 11 is 0. The van der Waals surface area contributed by atoms with Crippen LogP contribution in [0, 0.1) is 20.8 Å². The first-order chi connectivity index (χ1) is 15.9. The van der Waals surface area contributed by atoms with Crippen LogP contribution in [0.5, 0.6) is 5.75 Å². The lowest BCUT2D eigenvalue weighted by atomic mass is 10.1. The molecule has 6 nitrogen and oxygen atoms in total. The van der Waals surface area contributed by atoms with E-state index in [1.165, 1.54) is 0 Å². The number of carbonyl (C=O) groups is 1. The summed E-state index contributed by atoms with van der Waals surface area (Å²) in [6.07, 6.45) is 0. The van der Waals surface area contributed by atoms with Gasteiger partial charge in [0.05, 0.1) is 24.7 Å². The molecule has 0 fully saturated rings. The maximum Gasteiger partial charge on any atom is 0.272 e. The van der Waals surface area contributed by atoms with E-state index in [-0.39, 0.29) is 11.5 Å². The van der Waals surface area contributed by atoms with Gasteiger partial charge in [-0.1, -0.05) is 24.3 Å². The summed E-state index contributed by atoms with van der Waals surface area (Å²) < 4.78 is 6.97. The Morgan fingerprint density at radius 1 is 0.970 bits per heavy atom. The van der Waals surface area contributed by atoms with E-state index in [1.807, 2.05) is 62.4 Å². The number of fused-ring (bicyclic) bond motifs is 1. The zero-order valence-electron chi connectivity index (χ0n) is 19.3. The Hall–Kier alpha value is -3.93. The first-order valence-corrected chi connectivity index (χ1v) is 10.8. The van der Waals surface area contributed by atoms with Gasteiger partial charge in [-0.25, -0.2) is 4.98 Å². The van der Waals surface area contributed by atoms with Crippen molar-refractivity contribution in [2.45, 2.75) is 33.9 Å². The van der Waals surface area contributed by atoms with Crippen molar-refractivity contribution in [2.24, 2.45) is 0 Å². The Kier molecular flexibility index (Phi) is 6.27. The Balaban J connectivity index is 1.52. The molecule has 1 N–H and O–H groups in total. The molecule has 168 valence electrons. The van der Waals surface area contributed by atoms with Crippen LogP contribution in [0.25, 0.3) is 11.0 Å². The third kappa shape index (κ3) is 4.80. The number of benzene rings is 3. The van der Waals surface area contributed by atoms with Crippen LogP contribution in [-0.2, 0) is 13.1 Å². The maximum absolute atomic E-state index is 12.9. The van der Waals surface area contributed by atoms with Crippen molar-refractivity contribution in [1.29, 1.82) is 0 Å². The molecule has 0 saturated carbocycles. The van der Waals surface area contributed by atoms with Crippen LogP contribution < -0.4 is 15.6 Å². The van der Waals surface area contributed by atoms with Gasteiger partial charge in [-0.05, 0) is 79.4 Å². The van der Waals surface area contributed by atoms with E-state index in [0.29, 0.717) is 24.3 Å². The average molecular weight is 442 g/mol. The van der Waals surface area contributed by atoms with Gasteiger partial charge >= 0.3 is 0 Å². The molecule has 4 aromatic rings. The van der Waals surface area contributed by atoms with Crippen molar-refractivity contribution in [1.82, 2.24) is 14.9 Å². The van der Waals surface area contributed by atoms with Gasteiger partial charge in [-0.2, -0.15) is 0 Å². The summed E-state index contributed by atoms with van der Waals surface area (Å²) in [5, 5.41) is 2.93. The summed E-state index contributed by atoms with van der Waals surface area (Å²) in [7, 11) is 1.62. The highest BCUT2D eigenvalue weighted by molar-refractivity contribution is 5.94. The fraction of sp³-hybridized carbons (Fsp3) is 0.222. The molecule has 1 amide bonds. The van der Waals surface area contributed by atoms with E-state index >= 15 is 0 Å². The van der Waals surface area contributed by atoms with Gasteiger partial charge in [0.15, 0.2) is 0 Å². The molecule has 0 aliphatic carbocycles. The minimum absolute atomic E-state index is 0.106. The molecule has 1 aromatic heterocycles. The van der Waals surface area contributed by atoms with Crippen molar-refractivity contribution < 1.29 is 9.53 Å². The normalized spacial score (nSPS) is 10.9. The highest BCUT2D eigenvalue weighted by atomic mass is 16.5. The van der Waals surface area contributed by atoms with Crippen LogP contribution in [0.4, 0.5) is 0 Å². The number of aryl methyl sites for hydroxylation is 3. The molecular formula is C27H27N3O3. The van der Waals surface area contributed by atoms with Gasteiger partial charge in [-0.15, -0.1) is 0 Å². The average Bonchev–Trinajstić information content (AvgIpc) is 2.82. The minimum Gasteiger partial charge on any atom is -0.497 e. The Bertz CT molecular complexity index is 1390. The highest BCUT2D eigenvalue weighted by Crippen LogP contribution is 2.18. The van der Waals surface area contributed by atoms with Crippen molar-refractivity contribution in [3.63, 3.8) is 0 Å². The predicted octanol–water partition coefficient (Wildman–Crippen LogP) is 4.31. The fourth-order valence-electron chi connectivity index (χ4n) is 3.79. The van der Waals surface area contributed by atoms with Crippen LogP contribution in [0.1, 0.15) is 38.3 Å². The quantitative estimate of drug-likeness (QED) is 0.484. The second-order valence-electron chi connectivity index (χ2n) is 8.24. The zero-order valence-corrected chi connectivity index (χ0v) is 19.3. The highest BCUT2D eigenvalue weighted by Gasteiger charge is 2.11. The lowest BCUT2D eigenvalue weighted by molar-refractivity contribution is 0.0951. The molecule has 0 spiro atoms. The van der Waals surface area contributed by atoms with Crippen LogP contribution in [0.15, 0.2) is 65.5 Å². The lowest BCUT2D eigenvalue weighted by Gasteiger charge is -2.13. The number of rotatable bonds is 6. The van der Waals surface area contributed by atoms with E-state index in [9.17, 15) is 9.59 Å². The first-order valence-electron chi connectivity index (χ1n) is 10.8. The summed E-state index contributed by atoms with van der Waals surface area (Å²) in [5.41, 5.74) is 6.71. The third-order valence-electron chi connectivity index (χ3n) is 5.87. The van der Waals surface area contributed by atoms with Crippen molar-refractivity contribution in [3.8, 4) is 5.75 Å². The molecule has 3 aromatic carbocycles. The lowest BCUT2D eigenvalue weighted by Crippen LogP contribution is -2.25. The molecule has 6 heteroatoms. The summed E-state index contributed by atoms with van der Waals surface area (Å²) in [5.74, 6) is 0.600. The van der Waals surface area contributed by atoms with Gasteiger partial charge < -0.3 is 14.6 Å². The van der Waals surface area contributed by atoms with Crippen LogP contribution in [-0.4, -0.2) is 22.6 Å². The summed E-state index contributed by atoms with van der Waals surface area (Å²) in [4.78, 5) is 29.9. The van der Waals surface area contributed by atoms with E-state index < -0.39 is 0 Å². The summed E-state index contributed by atoms with van der Waals surface area (Å²) in [6, 6.07) is 19.0. The molecular weight excluding hydrogens is 414 g/mol. The van der Waals surface area contributed by atoms with Gasteiger partial charge in [0.1, 0.15) is 11.4 Å². The fourth-order valence-corrected chi connectivity index (χ4v) is 3.79. The van der Waals surface area contributed by atoms with E-state index in [1.54, 1.807) is 30.7 Å². The molecule has 0 saturated heterocycles. The van der Waals surface area contributed by atoms with Crippen LogP contribution >= 0.6 is 0 Å². The van der Waals surface area contributed by atoms with Gasteiger partial charge in [0, 0.05) is 12.1 Å². The second-order valence-corrected chi connectivity index (χ2v) is 8.24. The topological polar surface area (TPSA) is 73.2 Å². The summed E-state index contributed by atoms with van der Waals surface area (Å²) in [6.45, 7) is 6.63. The number of carbonyl (C=O) groups excluding carboxylic acids is 1. The number of aromatic nitrogens is 2. The molecule has 0 bridgehead atoms. The number of methoxy groups -OCH3 is 1.